The Morgan fingerprint density at radius 1 is 0.767 bits per heavy atom. The maximum atomic E-state index is 14.9. The molecule has 0 bridgehead atoms. The average Bonchev–Trinajstić information content (AvgIpc) is 3.37. The van der Waals surface area contributed by atoms with Crippen molar-refractivity contribution in [3.8, 4) is 28.4 Å². The van der Waals surface area contributed by atoms with Crippen molar-refractivity contribution in [1.82, 2.24) is 14.5 Å². The van der Waals surface area contributed by atoms with E-state index in [4.69, 9.17) is 4.98 Å². The number of rotatable bonds is 13. The first-order chi connectivity index (χ1) is 20.9. The van der Waals surface area contributed by atoms with E-state index in [2.05, 4.69) is 16.2 Å². The fourth-order valence-electron chi connectivity index (χ4n) is 5.16. The highest BCUT2D eigenvalue weighted by Crippen LogP contribution is 2.32. The fourth-order valence-corrected chi connectivity index (χ4v) is 5.16. The summed E-state index contributed by atoms with van der Waals surface area (Å²) >= 11 is 0. The summed E-state index contributed by atoms with van der Waals surface area (Å²) in [5.74, 6) is -0.900. The predicted molar refractivity (Wildman–Crippen MR) is 160 cm³/mol. The van der Waals surface area contributed by atoms with E-state index in [1.54, 1.807) is 18.2 Å². The number of benzene rings is 4. The predicted octanol–water partition coefficient (Wildman–Crippen LogP) is 9.10. The van der Waals surface area contributed by atoms with Crippen LogP contribution in [0.5, 0.6) is 5.75 Å². The van der Waals surface area contributed by atoms with Gasteiger partial charge in [-0.1, -0.05) is 98.3 Å². The van der Waals surface area contributed by atoms with E-state index in [1.807, 2.05) is 65.6 Å². The molecule has 0 aliphatic rings. The molecule has 1 aromatic heterocycles. The second kappa shape index (κ2) is 14.2. The van der Waals surface area contributed by atoms with Crippen molar-refractivity contribution >= 4 is 0 Å². The quantitative estimate of drug-likeness (QED) is 0.129. The zero-order valence-corrected chi connectivity index (χ0v) is 23.9. The van der Waals surface area contributed by atoms with Crippen LogP contribution >= 0.6 is 0 Å². The van der Waals surface area contributed by atoms with E-state index in [9.17, 15) is 17.6 Å². The Bertz CT molecular complexity index is 1610. The zero-order chi connectivity index (χ0) is 30.2. The second-order valence-corrected chi connectivity index (χ2v) is 10.3. The molecule has 4 nitrogen and oxygen atoms in total. The molecule has 43 heavy (non-hydrogen) atoms. The smallest absolute Gasteiger partial charge is 0.387 e. The molecule has 0 unspecified atom stereocenters. The average molecular weight is 588 g/mol. The minimum absolute atomic E-state index is 0.0537. The van der Waals surface area contributed by atoms with Crippen molar-refractivity contribution in [3.05, 3.63) is 132 Å². The number of aromatic nitrogens is 2. The van der Waals surface area contributed by atoms with Crippen LogP contribution in [0.25, 0.3) is 22.6 Å². The van der Waals surface area contributed by atoms with Crippen molar-refractivity contribution in [2.45, 2.75) is 52.6 Å². The lowest BCUT2D eigenvalue weighted by Crippen LogP contribution is -2.25. The third kappa shape index (κ3) is 7.51. The molecule has 5 aromatic rings. The fraction of sp³-hybridized carbons (Fsp3) is 0.229. The first-order valence-electron chi connectivity index (χ1n) is 14.3. The Hall–Kier alpha value is -4.43. The molecule has 0 spiro atoms. The molecule has 0 fully saturated rings. The van der Waals surface area contributed by atoms with E-state index in [0.717, 1.165) is 59.4 Å². The van der Waals surface area contributed by atoms with Gasteiger partial charge >= 0.3 is 6.61 Å². The van der Waals surface area contributed by atoms with Crippen molar-refractivity contribution < 1.29 is 22.3 Å². The highest BCUT2D eigenvalue weighted by molar-refractivity contribution is 5.68. The first kappa shape index (κ1) is 30.0. The van der Waals surface area contributed by atoms with E-state index in [1.165, 1.54) is 18.2 Å². The molecule has 0 aliphatic carbocycles. The summed E-state index contributed by atoms with van der Waals surface area (Å²) in [7, 11) is 0. The van der Waals surface area contributed by atoms with Gasteiger partial charge in [0.25, 0.3) is 0 Å². The molecule has 1 heterocycles. The summed E-state index contributed by atoms with van der Waals surface area (Å²) in [6.45, 7) is 0.788. The largest absolute Gasteiger partial charge is 0.435 e. The molecule has 0 radical (unpaired) electrons. The van der Waals surface area contributed by atoms with Crippen LogP contribution in [0.15, 0.2) is 103 Å². The van der Waals surface area contributed by atoms with Crippen LogP contribution in [0.3, 0.4) is 0 Å². The molecule has 0 saturated carbocycles. The third-order valence-corrected chi connectivity index (χ3v) is 7.24. The molecule has 5 rings (SSSR count). The van der Waals surface area contributed by atoms with Crippen LogP contribution in [0.1, 0.15) is 36.6 Å². The maximum absolute atomic E-state index is 14.9. The maximum Gasteiger partial charge on any atom is 0.387 e. The number of ether oxygens (including phenoxy) is 1. The number of nitrogens with zero attached hydrogens (tertiary/aromatic N) is 3. The van der Waals surface area contributed by atoms with Crippen LogP contribution in [0.4, 0.5) is 17.6 Å². The Labute approximate surface area is 249 Å². The monoisotopic (exact) mass is 587 g/mol. The summed E-state index contributed by atoms with van der Waals surface area (Å²) in [5.41, 5.74) is 4.74. The molecule has 0 saturated heterocycles. The Morgan fingerprint density at radius 3 is 2.09 bits per heavy atom. The van der Waals surface area contributed by atoms with E-state index < -0.39 is 18.2 Å². The van der Waals surface area contributed by atoms with E-state index >= 15 is 0 Å². The standard InChI is InChI=1S/C35H33F4N3O/c1-2-3-21-42-31(33(26-11-6-4-7-12-26)40-34(42)27-13-8-5-9-14-27)24-41(23-28-15-10-16-30(36)32(28)37)22-25-17-19-29(20-18-25)43-35(38)39/h4-20,35H,2-3,21-24H2,1H3. The number of unbranched alkanes of at least 4 members (excludes halogenated alkanes) is 1. The lowest BCUT2D eigenvalue weighted by molar-refractivity contribution is -0.0498. The summed E-state index contributed by atoms with van der Waals surface area (Å²) in [6, 6.07) is 30.5. The molecular weight excluding hydrogens is 554 g/mol. The van der Waals surface area contributed by atoms with Gasteiger partial charge in [-0.05, 0) is 30.2 Å². The number of hydrogen-bond donors (Lipinski definition) is 0. The molecular formula is C35H33F4N3O. The van der Waals surface area contributed by atoms with Crippen LogP contribution < -0.4 is 4.74 Å². The molecule has 0 aliphatic heterocycles. The molecule has 4 aromatic carbocycles. The van der Waals surface area contributed by atoms with Crippen LogP contribution in [-0.2, 0) is 26.2 Å². The van der Waals surface area contributed by atoms with Crippen LogP contribution in [-0.4, -0.2) is 21.1 Å². The van der Waals surface area contributed by atoms with E-state index in [-0.39, 0.29) is 17.9 Å². The number of hydrogen-bond acceptors (Lipinski definition) is 3. The van der Waals surface area contributed by atoms with Crippen LogP contribution in [0.2, 0.25) is 0 Å². The molecule has 8 heteroatoms. The first-order valence-corrected chi connectivity index (χ1v) is 14.3. The van der Waals surface area contributed by atoms with Gasteiger partial charge in [-0.15, -0.1) is 0 Å². The van der Waals surface area contributed by atoms with Crippen molar-refractivity contribution in [1.29, 1.82) is 0 Å². The number of alkyl halides is 2. The zero-order valence-electron chi connectivity index (χ0n) is 23.9. The Kier molecular flexibility index (Phi) is 9.89. The highest BCUT2D eigenvalue weighted by atomic mass is 19.3. The molecule has 0 amide bonds. The van der Waals surface area contributed by atoms with Crippen molar-refractivity contribution in [2.75, 3.05) is 0 Å². The van der Waals surface area contributed by atoms with Gasteiger partial charge < -0.3 is 9.30 Å². The Morgan fingerprint density at radius 2 is 1.44 bits per heavy atom. The molecule has 0 N–H and O–H groups in total. The summed E-state index contributed by atoms with van der Waals surface area (Å²) < 4.78 is 61.3. The number of imidazole rings is 1. The van der Waals surface area contributed by atoms with Gasteiger partial charge in [-0.3, -0.25) is 4.90 Å². The summed E-state index contributed by atoms with van der Waals surface area (Å²) in [5, 5.41) is 0. The van der Waals surface area contributed by atoms with Crippen LogP contribution in [0, 0.1) is 11.6 Å². The summed E-state index contributed by atoms with van der Waals surface area (Å²) in [4.78, 5) is 7.17. The Balaban J connectivity index is 1.59. The highest BCUT2D eigenvalue weighted by Gasteiger charge is 2.23. The SMILES string of the molecule is CCCCn1c(-c2ccccc2)nc(-c2ccccc2)c1CN(Cc1ccc(OC(F)F)cc1)Cc1cccc(F)c1F. The molecule has 222 valence electrons. The van der Waals surface area contributed by atoms with Gasteiger partial charge in [0.05, 0.1) is 11.4 Å². The van der Waals surface area contributed by atoms with Crippen molar-refractivity contribution in [2.24, 2.45) is 0 Å². The minimum Gasteiger partial charge on any atom is -0.435 e. The van der Waals surface area contributed by atoms with Gasteiger partial charge in [-0.2, -0.15) is 8.78 Å². The van der Waals surface area contributed by atoms with Crippen molar-refractivity contribution in [3.63, 3.8) is 0 Å². The van der Waals surface area contributed by atoms with E-state index in [0.29, 0.717) is 13.1 Å². The minimum atomic E-state index is -2.92. The molecule has 0 atom stereocenters. The topological polar surface area (TPSA) is 30.3 Å². The second-order valence-electron chi connectivity index (χ2n) is 10.3. The lowest BCUT2D eigenvalue weighted by Gasteiger charge is -2.25. The summed E-state index contributed by atoms with van der Waals surface area (Å²) in [6.07, 6.45) is 1.92. The van der Waals surface area contributed by atoms with Gasteiger partial charge in [0.2, 0.25) is 0 Å². The van der Waals surface area contributed by atoms with Gasteiger partial charge in [0.1, 0.15) is 11.6 Å². The lowest BCUT2D eigenvalue weighted by atomic mass is 10.1. The van der Waals surface area contributed by atoms with Gasteiger partial charge in [0, 0.05) is 42.9 Å². The third-order valence-electron chi connectivity index (χ3n) is 7.24. The van der Waals surface area contributed by atoms with Gasteiger partial charge in [-0.25, -0.2) is 13.8 Å². The van der Waals surface area contributed by atoms with Gasteiger partial charge in [0.15, 0.2) is 11.6 Å². The normalized spacial score (nSPS) is 11.4. The number of halogens is 4.